The summed E-state index contributed by atoms with van der Waals surface area (Å²) in [6.45, 7) is 1.41. The molecule has 0 heterocycles. The highest BCUT2D eigenvalue weighted by molar-refractivity contribution is 4.76. The first-order valence-electron chi connectivity index (χ1n) is 6.25. The second-order valence-corrected chi connectivity index (χ2v) is 4.86. The summed E-state index contributed by atoms with van der Waals surface area (Å²) in [5.74, 6) is 0.841. The van der Waals surface area contributed by atoms with Gasteiger partial charge in [0.15, 0.2) is 0 Å². The summed E-state index contributed by atoms with van der Waals surface area (Å²) >= 11 is 0. The van der Waals surface area contributed by atoms with Crippen LogP contribution < -0.4 is 5.32 Å². The summed E-state index contributed by atoms with van der Waals surface area (Å²) in [5, 5.41) is 3.33. The SMILES string of the molecule is CNC1CCC(OCOCC2CC2)CC1. The molecule has 0 saturated heterocycles. The van der Waals surface area contributed by atoms with Crippen molar-refractivity contribution < 1.29 is 9.47 Å². The van der Waals surface area contributed by atoms with E-state index in [1.807, 2.05) is 7.05 Å². The van der Waals surface area contributed by atoms with Gasteiger partial charge in [0, 0.05) is 6.04 Å². The molecule has 0 radical (unpaired) electrons. The van der Waals surface area contributed by atoms with E-state index >= 15 is 0 Å². The lowest BCUT2D eigenvalue weighted by Crippen LogP contribution is -2.33. The third kappa shape index (κ3) is 4.09. The molecule has 2 fully saturated rings. The molecule has 88 valence electrons. The Morgan fingerprint density at radius 3 is 2.40 bits per heavy atom. The molecule has 0 aromatic heterocycles. The van der Waals surface area contributed by atoms with Crippen LogP contribution in [0.5, 0.6) is 0 Å². The average molecular weight is 213 g/mol. The maximum atomic E-state index is 5.70. The fourth-order valence-electron chi connectivity index (χ4n) is 2.16. The van der Waals surface area contributed by atoms with Gasteiger partial charge in [-0.1, -0.05) is 0 Å². The molecule has 3 heteroatoms. The molecule has 0 spiro atoms. The number of ether oxygens (including phenoxy) is 2. The van der Waals surface area contributed by atoms with Gasteiger partial charge in [-0.3, -0.25) is 0 Å². The van der Waals surface area contributed by atoms with E-state index in [9.17, 15) is 0 Å². The van der Waals surface area contributed by atoms with Crippen molar-refractivity contribution >= 4 is 0 Å². The van der Waals surface area contributed by atoms with Gasteiger partial charge in [-0.25, -0.2) is 0 Å². The van der Waals surface area contributed by atoms with E-state index in [1.165, 1.54) is 38.5 Å². The number of rotatable bonds is 6. The highest BCUT2D eigenvalue weighted by Crippen LogP contribution is 2.29. The topological polar surface area (TPSA) is 30.5 Å². The van der Waals surface area contributed by atoms with Crippen molar-refractivity contribution in [3.8, 4) is 0 Å². The molecule has 0 aliphatic heterocycles. The maximum absolute atomic E-state index is 5.70. The molecule has 2 aliphatic carbocycles. The highest BCUT2D eigenvalue weighted by Gasteiger charge is 2.22. The monoisotopic (exact) mass is 213 g/mol. The van der Waals surface area contributed by atoms with Gasteiger partial charge >= 0.3 is 0 Å². The molecule has 2 aliphatic rings. The van der Waals surface area contributed by atoms with Crippen molar-refractivity contribution in [1.82, 2.24) is 5.32 Å². The van der Waals surface area contributed by atoms with Crippen molar-refractivity contribution in [3.05, 3.63) is 0 Å². The predicted octanol–water partition coefficient (Wildman–Crippen LogP) is 1.92. The van der Waals surface area contributed by atoms with E-state index in [2.05, 4.69) is 5.32 Å². The van der Waals surface area contributed by atoms with Crippen LogP contribution in [0.2, 0.25) is 0 Å². The quantitative estimate of drug-likeness (QED) is 0.540. The van der Waals surface area contributed by atoms with Crippen LogP contribution in [0.1, 0.15) is 38.5 Å². The Balaban J connectivity index is 1.48. The van der Waals surface area contributed by atoms with Gasteiger partial charge in [-0.15, -0.1) is 0 Å². The molecule has 0 aromatic carbocycles. The average Bonchev–Trinajstić information content (AvgIpc) is 3.09. The van der Waals surface area contributed by atoms with Crippen LogP contribution in [-0.2, 0) is 9.47 Å². The Kier molecular flexibility index (Phi) is 4.42. The fourth-order valence-corrected chi connectivity index (χ4v) is 2.16. The van der Waals surface area contributed by atoms with Gasteiger partial charge in [-0.2, -0.15) is 0 Å². The molecule has 0 bridgehead atoms. The fraction of sp³-hybridized carbons (Fsp3) is 1.00. The van der Waals surface area contributed by atoms with Gasteiger partial charge in [0.25, 0.3) is 0 Å². The van der Waals surface area contributed by atoms with E-state index < -0.39 is 0 Å². The zero-order valence-electron chi connectivity index (χ0n) is 9.71. The van der Waals surface area contributed by atoms with Crippen molar-refractivity contribution in [1.29, 1.82) is 0 Å². The van der Waals surface area contributed by atoms with Crippen molar-refractivity contribution in [3.63, 3.8) is 0 Å². The minimum absolute atomic E-state index is 0.439. The summed E-state index contributed by atoms with van der Waals surface area (Å²) in [7, 11) is 2.05. The molecule has 0 amide bonds. The summed E-state index contributed by atoms with van der Waals surface area (Å²) in [6, 6.07) is 0.706. The number of nitrogens with one attached hydrogen (secondary N) is 1. The molecule has 2 saturated carbocycles. The normalized spacial score (nSPS) is 31.8. The van der Waals surface area contributed by atoms with Gasteiger partial charge in [0.1, 0.15) is 6.79 Å². The zero-order chi connectivity index (χ0) is 10.5. The molecule has 15 heavy (non-hydrogen) atoms. The van der Waals surface area contributed by atoms with Crippen LogP contribution in [0.25, 0.3) is 0 Å². The first-order valence-corrected chi connectivity index (χ1v) is 6.25. The Hall–Kier alpha value is -0.120. The number of hydrogen-bond acceptors (Lipinski definition) is 3. The second kappa shape index (κ2) is 5.83. The summed E-state index contributed by atoms with van der Waals surface area (Å²) in [5.41, 5.74) is 0. The van der Waals surface area contributed by atoms with Crippen molar-refractivity contribution in [2.24, 2.45) is 5.92 Å². The third-order valence-corrected chi connectivity index (χ3v) is 3.52. The Morgan fingerprint density at radius 1 is 1.07 bits per heavy atom. The van der Waals surface area contributed by atoms with Crippen LogP contribution in [0.3, 0.4) is 0 Å². The van der Waals surface area contributed by atoms with Gasteiger partial charge in [-0.05, 0) is 51.5 Å². The van der Waals surface area contributed by atoms with Gasteiger partial charge in [0.2, 0.25) is 0 Å². The Labute approximate surface area is 92.5 Å². The van der Waals surface area contributed by atoms with E-state index in [0.29, 0.717) is 18.9 Å². The predicted molar refractivity (Wildman–Crippen MR) is 59.7 cm³/mol. The highest BCUT2D eigenvalue weighted by atomic mass is 16.7. The van der Waals surface area contributed by atoms with E-state index in [1.54, 1.807) is 0 Å². The standard InChI is InChI=1S/C12H23NO2/c1-13-11-4-6-12(7-5-11)15-9-14-8-10-2-3-10/h10-13H,2-9H2,1H3. The first kappa shape index (κ1) is 11.4. The first-order chi connectivity index (χ1) is 7.38. The van der Waals surface area contributed by atoms with E-state index in [-0.39, 0.29) is 0 Å². The summed E-state index contributed by atoms with van der Waals surface area (Å²) in [6.07, 6.45) is 7.99. The lowest BCUT2D eigenvalue weighted by Gasteiger charge is -2.28. The Morgan fingerprint density at radius 2 is 1.80 bits per heavy atom. The summed E-state index contributed by atoms with van der Waals surface area (Å²) in [4.78, 5) is 0. The van der Waals surface area contributed by atoms with Crippen LogP contribution in [0.4, 0.5) is 0 Å². The van der Waals surface area contributed by atoms with Crippen LogP contribution in [-0.4, -0.2) is 32.6 Å². The molecular weight excluding hydrogens is 190 g/mol. The minimum Gasteiger partial charge on any atom is -0.355 e. The van der Waals surface area contributed by atoms with Crippen molar-refractivity contribution in [2.75, 3.05) is 20.4 Å². The molecule has 0 unspecified atom stereocenters. The smallest absolute Gasteiger partial charge is 0.147 e. The molecule has 1 N–H and O–H groups in total. The third-order valence-electron chi connectivity index (χ3n) is 3.52. The largest absolute Gasteiger partial charge is 0.355 e. The lowest BCUT2D eigenvalue weighted by atomic mass is 9.93. The minimum atomic E-state index is 0.439. The Bertz CT molecular complexity index is 174. The molecule has 0 atom stereocenters. The molecular formula is C12H23NO2. The lowest BCUT2D eigenvalue weighted by molar-refractivity contribution is -0.102. The second-order valence-electron chi connectivity index (χ2n) is 4.86. The maximum Gasteiger partial charge on any atom is 0.147 e. The van der Waals surface area contributed by atoms with Gasteiger partial charge in [0.05, 0.1) is 12.7 Å². The van der Waals surface area contributed by atoms with E-state index in [0.717, 1.165) is 12.5 Å². The van der Waals surface area contributed by atoms with Gasteiger partial charge < -0.3 is 14.8 Å². The van der Waals surface area contributed by atoms with Crippen LogP contribution in [0, 0.1) is 5.92 Å². The molecule has 3 nitrogen and oxygen atoms in total. The van der Waals surface area contributed by atoms with E-state index in [4.69, 9.17) is 9.47 Å². The zero-order valence-corrected chi connectivity index (χ0v) is 9.71. The van der Waals surface area contributed by atoms with Crippen molar-refractivity contribution in [2.45, 2.75) is 50.7 Å². The van der Waals surface area contributed by atoms with Crippen LogP contribution >= 0.6 is 0 Å². The van der Waals surface area contributed by atoms with Crippen LogP contribution in [0.15, 0.2) is 0 Å². The summed E-state index contributed by atoms with van der Waals surface area (Å²) < 4.78 is 11.2. The molecule has 0 aromatic rings. The molecule has 2 rings (SSSR count). The number of hydrogen-bond donors (Lipinski definition) is 1.